The number of carbonyl (C=O) groups is 1. The van der Waals surface area contributed by atoms with Gasteiger partial charge in [0.05, 0.1) is 0 Å². The predicted molar refractivity (Wildman–Crippen MR) is 97.0 cm³/mol. The van der Waals surface area contributed by atoms with Gasteiger partial charge in [-0.2, -0.15) is 4.31 Å². The third kappa shape index (κ3) is 3.81. The molecule has 0 spiro atoms. The van der Waals surface area contributed by atoms with Gasteiger partial charge in [0, 0.05) is 25.0 Å². The summed E-state index contributed by atoms with van der Waals surface area (Å²) in [5, 5.41) is 6.95. The van der Waals surface area contributed by atoms with Gasteiger partial charge >= 0.3 is 0 Å². The van der Waals surface area contributed by atoms with Gasteiger partial charge < -0.3 is 9.84 Å². The molecule has 8 heteroatoms. The molecule has 1 amide bonds. The Balaban J connectivity index is 1.59. The van der Waals surface area contributed by atoms with E-state index in [9.17, 15) is 13.2 Å². The molecule has 1 aliphatic carbocycles. The van der Waals surface area contributed by atoms with Crippen molar-refractivity contribution in [3.8, 4) is 0 Å². The lowest BCUT2D eigenvalue weighted by Crippen LogP contribution is -2.47. The summed E-state index contributed by atoms with van der Waals surface area (Å²) in [6.07, 6.45) is 5.73. The fourth-order valence-electron chi connectivity index (χ4n) is 4.16. The molecule has 2 aliphatic rings. The van der Waals surface area contributed by atoms with E-state index < -0.39 is 10.0 Å². The zero-order chi connectivity index (χ0) is 18.9. The Hall–Kier alpha value is -1.41. The summed E-state index contributed by atoms with van der Waals surface area (Å²) in [4.78, 5) is 12.8. The highest BCUT2D eigenvalue weighted by molar-refractivity contribution is 7.89. The van der Waals surface area contributed by atoms with Crippen molar-refractivity contribution in [1.29, 1.82) is 0 Å². The minimum Gasteiger partial charge on any atom is -0.360 e. The van der Waals surface area contributed by atoms with Crippen molar-refractivity contribution >= 4 is 15.9 Å². The van der Waals surface area contributed by atoms with E-state index in [1.54, 1.807) is 13.8 Å². The highest BCUT2D eigenvalue weighted by atomic mass is 32.2. The van der Waals surface area contributed by atoms with Crippen LogP contribution in [0.5, 0.6) is 0 Å². The molecule has 1 saturated carbocycles. The van der Waals surface area contributed by atoms with Gasteiger partial charge in [0.15, 0.2) is 5.76 Å². The van der Waals surface area contributed by atoms with E-state index in [4.69, 9.17) is 4.52 Å². The average molecular weight is 384 g/mol. The molecule has 1 saturated heterocycles. The maximum atomic E-state index is 12.9. The van der Waals surface area contributed by atoms with Crippen LogP contribution in [0, 0.1) is 25.7 Å². The van der Waals surface area contributed by atoms with Crippen LogP contribution < -0.4 is 5.32 Å². The Labute approximate surface area is 155 Å². The van der Waals surface area contributed by atoms with Gasteiger partial charge in [0.2, 0.25) is 15.9 Å². The van der Waals surface area contributed by atoms with Gasteiger partial charge in [-0.1, -0.05) is 24.9 Å². The normalized spacial score (nSPS) is 26.0. The second kappa shape index (κ2) is 7.68. The molecule has 0 radical (unpaired) electrons. The molecule has 146 valence electrons. The molecule has 3 rings (SSSR count). The van der Waals surface area contributed by atoms with E-state index in [0.717, 1.165) is 6.42 Å². The zero-order valence-corrected chi connectivity index (χ0v) is 16.6. The van der Waals surface area contributed by atoms with Crippen molar-refractivity contribution in [2.24, 2.45) is 11.8 Å². The number of aromatic nitrogens is 1. The summed E-state index contributed by atoms with van der Waals surface area (Å²) >= 11 is 0. The predicted octanol–water partition coefficient (Wildman–Crippen LogP) is 2.39. The van der Waals surface area contributed by atoms with Gasteiger partial charge in [-0.3, -0.25) is 4.79 Å². The Morgan fingerprint density at radius 3 is 2.38 bits per heavy atom. The van der Waals surface area contributed by atoms with E-state index in [1.165, 1.54) is 23.6 Å². The third-order valence-corrected chi connectivity index (χ3v) is 7.97. The first kappa shape index (κ1) is 19.4. The fourth-order valence-corrected chi connectivity index (χ4v) is 5.92. The molecule has 2 heterocycles. The van der Waals surface area contributed by atoms with Crippen LogP contribution in [0.1, 0.15) is 56.9 Å². The minimum atomic E-state index is -3.62. The Morgan fingerprint density at radius 1 is 1.15 bits per heavy atom. The summed E-state index contributed by atoms with van der Waals surface area (Å²) < 4.78 is 32.2. The molecule has 1 aliphatic heterocycles. The molecule has 2 unspecified atom stereocenters. The van der Waals surface area contributed by atoms with Crippen LogP contribution in [0.3, 0.4) is 0 Å². The van der Waals surface area contributed by atoms with Gasteiger partial charge in [-0.05, 0) is 45.4 Å². The first-order chi connectivity index (χ1) is 12.3. The van der Waals surface area contributed by atoms with E-state index >= 15 is 0 Å². The van der Waals surface area contributed by atoms with Crippen LogP contribution in [0.2, 0.25) is 0 Å². The Kier molecular flexibility index (Phi) is 5.72. The largest absolute Gasteiger partial charge is 0.360 e. The fraction of sp³-hybridized carbons (Fsp3) is 0.778. The number of sulfonamides is 1. The average Bonchev–Trinajstić information content (AvgIpc) is 2.96. The number of nitrogens with one attached hydrogen (secondary N) is 1. The van der Waals surface area contributed by atoms with Crippen molar-refractivity contribution in [1.82, 2.24) is 14.8 Å². The molecule has 1 aromatic heterocycles. The van der Waals surface area contributed by atoms with Crippen molar-refractivity contribution in [2.45, 2.75) is 70.2 Å². The first-order valence-corrected chi connectivity index (χ1v) is 11.0. The van der Waals surface area contributed by atoms with Crippen molar-refractivity contribution in [3.05, 3.63) is 11.5 Å². The highest BCUT2D eigenvalue weighted by Gasteiger charge is 2.36. The van der Waals surface area contributed by atoms with Crippen LogP contribution in [0.25, 0.3) is 0 Å². The number of hydrogen-bond acceptors (Lipinski definition) is 5. The number of piperidine rings is 1. The van der Waals surface area contributed by atoms with Crippen molar-refractivity contribution in [3.63, 3.8) is 0 Å². The van der Waals surface area contributed by atoms with Gasteiger partial charge in [0.1, 0.15) is 10.6 Å². The van der Waals surface area contributed by atoms with E-state index in [-0.39, 0.29) is 22.8 Å². The van der Waals surface area contributed by atoms with Crippen molar-refractivity contribution in [2.75, 3.05) is 13.1 Å². The summed E-state index contributed by atoms with van der Waals surface area (Å²) in [6, 6.07) is 0.264. The summed E-state index contributed by atoms with van der Waals surface area (Å²) in [6.45, 7) is 6.14. The molecule has 1 N–H and O–H groups in total. The Morgan fingerprint density at radius 2 is 1.81 bits per heavy atom. The van der Waals surface area contributed by atoms with Crippen LogP contribution in [0.15, 0.2) is 9.42 Å². The first-order valence-electron chi connectivity index (χ1n) is 9.54. The standard InChI is InChI=1S/C18H29N3O4S/c1-12-6-4-5-7-16(12)19-18(22)15-8-10-21(11-9-15)26(23,24)17-13(2)20-25-14(17)3/h12,15-16H,4-11H2,1-3H3,(H,19,22). The number of rotatable bonds is 4. The maximum Gasteiger partial charge on any atom is 0.248 e. The van der Waals surface area contributed by atoms with Gasteiger partial charge in [-0.25, -0.2) is 8.42 Å². The summed E-state index contributed by atoms with van der Waals surface area (Å²) in [5.41, 5.74) is 0.383. The Bertz CT molecular complexity index is 731. The second-order valence-corrected chi connectivity index (χ2v) is 9.58. The molecule has 1 aromatic rings. The lowest BCUT2D eigenvalue weighted by molar-refractivity contribution is -0.127. The smallest absolute Gasteiger partial charge is 0.248 e. The van der Waals surface area contributed by atoms with E-state index in [0.29, 0.717) is 43.3 Å². The summed E-state index contributed by atoms with van der Waals surface area (Å²) in [7, 11) is -3.62. The van der Waals surface area contributed by atoms with Gasteiger partial charge in [-0.15, -0.1) is 0 Å². The molecule has 7 nitrogen and oxygen atoms in total. The quantitative estimate of drug-likeness (QED) is 0.862. The lowest BCUT2D eigenvalue weighted by Gasteiger charge is -2.34. The zero-order valence-electron chi connectivity index (χ0n) is 15.8. The summed E-state index contributed by atoms with van der Waals surface area (Å²) in [5.74, 6) is 0.805. The second-order valence-electron chi connectivity index (χ2n) is 7.71. The topological polar surface area (TPSA) is 92.5 Å². The number of aryl methyl sites for hydroxylation is 2. The van der Waals surface area contributed by atoms with E-state index in [2.05, 4.69) is 17.4 Å². The van der Waals surface area contributed by atoms with Crippen LogP contribution in [-0.4, -0.2) is 42.9 Å². The molecule has 2 atom stereocenters. The van der Waals surface area contributed by atoms with Crippen LogP contribution >= 0.6 is 0 Å². The molecule has 26 heavy (non-hydrogen) atoms. The maximum absolute atomic E-state index is 12.9. The number of carbonyl (C=O) groups excluding carboxylic acids is 1. The molecular formula is C18H29N3O4S. The number of nitrogens with zero attached hydrogens (tertiary/aromatic N) is 2. The monoisotopic (exact) mass is 383 g/mol. The SMILES string of the molecule is Cc1noc(C)c1S(=O)(=O)N1CCC(C(=O)NC2CCCCC2C)CC1. The van der Waals surface area contributed by atoms with E-state index in [1.807, 2.05) is 0 Å². The van der Waals surface area contributed by atoms with Crippen LogP contribution in [0.4, 0.5) is 0 Å². The molecule has 2 fully saturated rings. The molecule has 0 bridgehead atoms. The minimum absolute atomic E-state index is 0.0816. The lowest BCUT2D eigenvalue weighted by atomic mass is 9.85. The number of amides is 1. The molecule has 0 aromatic carbocycles. The molecular weight excluding hydrogens is 354 g/mol. The number of hydrogen-bond donors (Lipinski definition) is 1. The van der Waals surface area contributed by atoms with Crippen LogP contribution in [-0.2, 0) is 14.8 Å². The third-order valence-electron chi connectivity index (χ3n) is 5.83. The van der Waals surface area contributed by atoms with Crippen molar-refractivity contribution < 1.29 is 17.7 Å². The van der Waals surface area contributed by atoms with Gasteiger partial charge in [0.25, 0.3) is 0 Å². The highest BCUT2D eigenvalue weighted by Crippen LogP contribution is 2.29.